The van der Waals surface area contributed by atoms with Crippen LogP contribution in [0.25, 0.3) is 0 Å². The van der Waals surface area contributed by atoms with Gasteiger partial charge in [-0.3, -0.25) is 14.6 Å². The van der Waals surface area contributed by atoms with E-state index in [1.54, 1.807) is 13.0 Å². The quantitative estimate of drug-likeness (QED) is 0.392. The smallest absolute Gasteiger partial charge is 0.416 e. The van der Waals surface area contributed by atoms with Crippen LogP contribution in [0.1, 0.15) is 33.3 Å². The average Bonchev–Trinajstić information content (AvgIpc) is 2.54. The molecular formula is C16H11F3INO3. The van der Waals surface area contributed by atoms with E-state index in [-0.39, 0.29) is 17.6 Å². The fourth-order valence-electron chi connectivity index (χ4n) is 2.02. The van der Waals surface area contributed by atoms with Gasteiger partial charge >= 0.3 is 6.18 Å². The van der Waals surface area contributed by atoms with E-state index in [1.165, 1.54) is 12.3 Å². The third-order valence-corrected chi connectivity index (χ3v) is 4.35. The van der Waals surface area contributed by atoms with Crippen LogP contribution in [0, 0.1) is 10.5 Å². The van der Waals surface area contributed by atoms with E-state index in [2.05, 4.69) is 4.98 Å². The van der Waals surface area contributed by atoms with Crippen molar-refractivity contribution in [2.75, 3.05) is 0 Å². The van der Waals surface area contributed by atoms with Gasteiger partial charge in [-0.15, -0.1) is 0 Å². The molecule has 24 heavy (non-hydrogen) atoms. The summed E-state index contributed by atoms with van der Waals surface area (Å²) in [4.78, 5) is 27.3. The Morgan fingerprint density at radius 3 is 2.62 bits per heavy atom. The van der Waals surface area contributed by atoms with Crippen LogP contribution in [0.5, 0.6) is 0 Å². The standard InChI is InChI=1S/C16H11F3INO3/c1-9-13(20)6-11(7-21-9)14(23)15(24-8-22)10-3-2-4-12(5-10)16(17,18)19/h2-8,15H,1H3. The van der Waals surface area contributed by atoms with Crippen LogP contribution < -0.4 is 0 Å². The summed E-state index contributed by atoms with van der Waals surface area (Å²) in [5, 5.41) is 0. The molecule has 1 unspecified atom stereocenters. The number of aryl methyl sites for hydroxylation is 1. The summed E-state index contributed by atoms with van der Waals surface area (Å²) in [7, 11) is 0. The second-order valence-electron chi connectivity index (χ2n) is 4.89. The molecule has 2 aromatic rings. The van der Waals surface area contributed by atoms with Crippen LogP contribution >= 0.6 is 22.6 Å². The summed E-state index contributed by atoms with van der Waals surface area (Å²) >= 11 is 1.98. The largest absolute Gasteiger partial charge is 0.451 e. The highest BCUT2D eigenvalue weighted by Crippen LogP contribution is 2.32. The number of ether oxygens (including phenoxy) is 1. The Morgan fingerprint density at radius 1 is 1.33 bits per heavy atom. The molecule has 4 nitrogen and oxygen atoms in total. The van der Waals surface area contributed by atoms with E-state index in [0.29, 0.717) is 9.26 Å². The predicted octanol–water partition coefficient (Wildman–Crippen LogP) is 4.11. The number of halogens is 4. The Kier molecular flexibility index (Phi) is 5.58. The summed E-state index contributed by atoms with van der Waals surface area (Å²) in [6, 6.07) is 5.67. The molecule has 0 aliphatic rings. The van der Waals surface area contributed by atoms with Gasteiger partial charge in [-0.05, 0) is 47.7 Å². The lowest BCUT2D eigenvalue weighted by molar-refractivity contribution is -0.137. The van der Waals surface area contributed by atoms with Crippen molar-refractivity contribution in [2.45, 2.75) is 19.2 Å². The van der Waals surface area contributed by atoms with E-state index >= 15 is 0 Å². The lowest BCUT2D eigenvalue weighted by Crippen LogP contribution is -2.17. The Hall–Kier alpha value is -1.97. The molecule has 1 atom stereocenters. The Bertz CT molecular complexity index is 777. The summed E-state index contributed by atoms with van der Waals surface area (Å²) < 4.78 is 44.0. The minimum atomic E-state index is -4.56. The van der Waals surface area contributed by atoms with Crippen molar-refractivity contribution in [3.05, 3.63) is 62.5 Å². The van der Waals surface area contributed by atoms with Gasteiger partial charge in [0.05, 0.1) is 11.3 Å². The lowest BCUT2D eigenvalue weighted by atomic mass is 9.99. The SMILES string of the molecule is Cc1ncc(C(=O)C(OC=O)c2cccc(C(F)(F)F)c2)cc1I. The molecule has 0 fully saturated rings. The highest BCUT2D eigenvalue weighted by atomic mass is 127. The number of aromatic nitrogens is 1. The molecule has 0 saturated carbocycles. The van der Waals surface area contributed by atoms with E-state index in [4.69, 9.17) is 4.74 Å². The monoisotopic (exact) mass is 449 g/mol. The van der Waals surface area contributed by atoms with Crippen LogP contribution in [0.15, 0.2) is 36.5 Å². The van der Waals surface area contributed by atoms with Gasteiger partial charge in [0.2, 0.25) is 5.78 Å². The second kappa shape index (κ2) is 7.29. The third-order valence-electron chi connectivity index (χ3n) is 3.26. The van der Waals surface area contributed by atoms with Crippen molar-refractivity contribution in [2.24, 2.45) is 0 Å². The molecule has 0 aliphatic heterocycles. The van der Waals surface area contributed by atoms with Gasteiger partial charge in [0.1, 0.15) is 0 Å². The van der Waals surface area contributed by atoms with Gasteiger partial charge in [-0.1, -0.05) is 12.1 Å². The van der Waals surface area contributed by atoms with Gasteiger partial charge in [-0.25, -0.2) is 0 Å². The van der Waals surface area contributed by atoms with Crippen LogP contribution in [0.4, 0.5) is 13.2 Å². The molecule has 8 heteroatoms. The Morgan fingerprint density at radius 2 is 2.04 bits per heavy atom. The van der Waals surface area contributed by atoms with Crippen molar-refractivity contribution < 1.29 is 27.5 Å². The number of ketones is 1. The highest BCUT2D eigenvalue weighted by molar-refractivity contribution is 14.1. The first-order chi connectivity index (χ1) is 11.2. The number of carbonyl (C=O) groups is 2. The molecule has 1 aromatic carbocycles. The van der Waals surface area contributed by atoms with E-state index in [0.717, 1.165) is 18.2 Å². The molecule has 2 rings (SSSR count). The number of hydrogen-bond donors (Lipinski definition) is 0. The fourth-order valence-corrected chi connectivity index (χ4v) is 2.49. The molecular weight excluding hydrogens is 438 g/mol. The molecule has 1 aromatic heterocycles. The lowest BCUT2D eigenvalue weighted by Gasteiger charge is -2.16. The van der Waals surface area contributed by atoms with Crippen molar-refractivity contribution in [1.82, 2.24) is 4.98 Å². The fraction of sp³-hybridized carbons (Fsp3) is 0.188. The number of alkyl halides is 3. The molecule has 1 heterocycles. The van der Waals surface area contributed by atoms with Crippen molar-refractivity contribution in [1.29, 1.82) is 0 Å². The number of nitrogens with zero attached hydrogens (tertiary/aromatic N) is 1. The van der Waals surface area contributed by atoms with Crippen LogP contribution in [-0.4, -0.2) is 17.2 Å². The summed E-state index contributed by atoms with van der Waals surface area (Å²) in [5.74, 6) is -0.646. The molecule has 126 valence electrons. The predicted molar refractivity (Wildman–Crippen MR) is 87.4 cm³/mol. The maximum absolute atomic E-state index is 12.8. The average molecular weight is 449 g/mol. The number of benzene rings is 1. The first-order valence-electron chi connectivity index (χ1n) is 6.66. The molecule has 0 N–H and O–H groups in total. The summed E-state index contributed by atoms with van der Waals surface area (Å²) in [6.07, 6.45) is -4.73. The van der Waals surface area contributed by atoms with Gasteiger partial charge in [0.15, 0.2) is 6.10 Å². The number of carbonyl (C=O) groups excluding carboxylic acids is 2. The maximum Gasteiger partial charge on any atom is 0.416 e. The number of hydrogen-bond acceptors (Lipinski definition) is 4. The zero-order chi connectivity index (χ0) is 17.9. The van der Waals surface area contributed by atoms with Gasteiger partial charge < -0.3 is 4.74 Å². The van der Waals surface area contributed by atoms with E-state index in [9.17, 15) is 22.8 Å². The summed E-state index contributed by atoms with van der Waals surface area (Å²) in [6.45, 7) is 1.79. The first kappa shape index (κ1) is 18.4. The Labute approximate surface area is 149 Å². The first-order valence-corrected chi connectivity index (χ1v) is 7.74. The third kappa shape index (κ3) is 4.11. The molecule has 0 amide bonds. The molecule has 0 bridgehead atoms. The zero-order valence-electron chi connectivity index (χ0n) is 12.3. The van der Waals surface area contributed by atoms with Crippen LogP contribution in [0.3, 0.4) is 0 Å². The van der Waals surface area contributed by atoms with Crippen molar-refractivity contribution in [3.8, 4) is 0 Å². The topological polar surface area (TPSA) is 56.3 Å². The minimum absolute atomic E-state index is 0.0371. The number of pyridine rings is 1. The van der Waals surface area contributed by atoms with Crippen LogP contribution in [-0.2, 0) is 15.7 Å². The summed E-state index contributed by atoms with van der Waals surface area (Å²) in [5.41, 5.74) is -0.130. The van der Waals surface area contributed by atoms with Crippen LogP contribution in [0.2, 0.25) is 0 Å². The second-order valence-corrected chi connectivity index (χ2v) is 6.05. The maximum atomic E-state index is 12.8. The molecule has 0 spiro atoms. The van der Waals surface area contributed by atoms with Gasteiger partial charge in [-0.2, -0.15) is 13.2 Å². The molecule has 0 radical (unpaired) electrons. The van der Waals surface area contributed by atoms with Gasteiger partial charge in [0, 0.05) is 20.9 Å². The number of Topliss-reactive ketones (excluding diaryl/α,β-unsaturated/α-hetero) is 1. The van der Waals surface area contributed by atoms with E-state index < -0.39 is 23.6 Å². The van der Waals surface area contributed by atoms with Crippen molar-refractivity contribution in [3.63, 3.8) is 0 Å². The molecule has 0 aliphatic carbocycles. The van der Waals surface area contributed by atoms with E-state index in [1.807, 2.05) is 22.6 Å². The van der Waals surface area contributed by atoms with Gasteiger partial charge in [0.25, 0.3) is 6.47 Å². The van der Waals surface area contributed by atoms with Crippen molar-refractivity contribution >= 4 is 34.8 Å². The minimum Gasteiger partial charge on any atom is -0.451 e. The zero-order valence-corrected chi connectivity index (χ0v) is 14.5. The highest BCUT2D eigenvalue weighted by Gasteiger charge is 2.32. The molecule has 0 saturated heterocycles. The Balaban J connectivity index is 2.43. The normalized spacial score (nSPS) is 12.5. The number of rotatable bonds is 5.